The molecule has 0 saturated carbocycles. The Labute approximate surface area is 156 Å². The molecule has 1 heterocycles. The van der Waals surface area contributed by atoms with Crippen LogP contribution in [0.25, 0.3) is 0 Å². The monoisotopic (exact) mass is 374 g/mol. The van der Waals surface area contributed by atoms with Crippen LogP contribution in [0.2, 0.25) is 0 Å². The Morgan fingerprint density at radius 3 is 2.08 bits per heavy atom. The van der Waals surface area contributed by atoms with Gasteiger partial charge in [0.15, 0.2) is 0 Å². The van der Waals surface area contributed by atoms with Crippen LogP contribution in [0.5, 0.6) is 0 Å². The average Bonchev–Trinajstić information content (AvgIpc) is 2.67. The first-order valence-corrected chi connectivity index (χ1v) is 10.3. The van der Waals surface area contributed by atoms with Crippen molar-refractivity contribution >= 4 is 10.2 Å². The highest BCUT2D eigenvalue weighted by molar-refractivity contribution is 7.86. The lowest BCUT2D eigenvalue weighted by molar-refractivity contribution is -0.00878. The van der Waals surface area contributed by atoms with Crippen LogP contribution in [0, 0.1) is 0 Å². The van der Waals surface area contributed by atoms with E-state index in [1.165, 1.54) is 19.7 Å². The first-order valence-electron chi connectivity index (χ1n) is 8.87. The fourth-order valence-electron chi connectivity index (χ4n) is 3.37. The van der Waals surface area contributed by atoms with Gasteiger partial charge in [0.05, 0.1) is 12.7 Å². The molecule has 140 valence electrons. The second kappa shape index (κ2) is 8.31. The van der Waals surface area contributed by atoms with Crippen LogP contribution in [0.1, 0.15) is 23.5 Å². The van der Waals surface area contributed by atoms with Gasteiger partial charge in [-0.1, -0.05) is 60.7 Å². The molecule has 6 heteroatoms. The number of benzene rings is 2. The first-order chi connectivity index (χ1) is 12.5. The van der Waals surface area contributed by atoms with Gasteiger partial charge in [0.25, 0.3) is 10.2 Å². The summed E-state index contributed by atoms with van der Waals surface area (Å²) in [4.78, 5) is 0. The van der Waals surface area contributed by atoms with Gasteiger partial charge in [-0.25, -0.2) is 0 Å². The van der Waals surface area contributed by atoms with Crippen LogP contribution in [0.4, 0.5) is 0 Å². The SMILES string of the molecule is CN(C)S(=O)(=O)N1CCO[C@@H](CC(c2ccccc2)c2ccccc2)C1. The minimum Gasteiger partial charge on any atom is -0.375 e. The largest absolute Gasteiger partial charge is 0.375 e. The van der Waals surface area contributed by atoms with Crippen LogP contribution in [-0.2, 0) is 14.9 Å². The summed E-state index contributed by atoms with van der Waals surface area (Å²) in [6.07, 6.45) is 0.608. The number of morpholine rings is 1. The lowest BCUT2D eigenvalue weighted by Gasteiger charge is -2.35. The van der Waals surface area contributed by atoms with Crippen LogP contribution >= 0.6 is 0 Å². The van der Waals surface area contributed by atoms with Crippen molar-refractivity contribution in [1.82, 2.24) is 8.61 Å². The predicted molar refractivity (Wildman–Crippen MR) is 103 cm³/mol. The van der Waals surface area contributed by atoms with E-state index >= 15 is 0 Å². The molecule has 0 amide bonds. The molecule has 3 rings (SSSR count). The van der Waals surface area contributed by atoms with Crippen molar-refractivity contribution in [2.75, 3.05) is 33.8 Å². The molecule has 0 radical (unpaired) electrons. The minimum absolute atomic E-state index is 0.135. The van der Waals surface area contributed by atoms with Gasteiger partial charge in [0.2, 0.25) is 0 Å². The first kappa shape index (κ1) is 19.0. The summed E-state index contributed by atoms with van der Waals surface area (Å²) in [7, 11) is -0.279. The minimum atomic E-state index is -3.41. The van der Waals surface area contributed by atoms with Crippen LogP contribution < -0.4 is 0 Å². The second-order valence-electron chi connectivity index (χ2n) is 6.75. The van der Waals surface area contributed by atoms with Crippen LogP contribution in [0.15, 0.2) is 60.7 Å². The number of nitrogens with zero attached hydrogens (tertiary/aromatic N) is 2. The molecule has 1 atom stereocenters. The Bertz CT molecular complexity index is 755. The van der Waals surface area contributed by atoms with E-state index in [1.807, 2.05) is 36.4 Å². The summed E-state index contributed by atoms with van der Waals surface area (Å²) in [6, 6.07) is 20.6. The molecule has 2 aromatic carbocycles. The molecule has 5 nitrogen and oxygen atoms in total. The van der Waals surface area contributed by atoms with E-state index in [1.54, 1.807) is 14.1 Å². The Balaban J connectivity index is 1.81. The zero-order valence-corrected chi connectivity index (χ0v) is 16.1. The maximum atomic E-state index is 12.5. The van der Waals surface area contributed by atoms with E-state index in [4.69, 9.17) is 4.74 Å². The zero-order chi connectivity index (χ0) is 18.6. The molecule has 0 bridgehead atoms. The van der Waals surface area contributed by atoms with Crippen molar-refractivity contribution in [2.24, 2.45) is 0 Å². The van der Waals surface area contributed by atoms with E-state index in [0.29, 0.717) is 19.7 Å². The van der Waals surface area contributed by atoms with E-state index in [2.05, 4.69) is 24.3 Å². The van der Waals surface area contributed by atoms with Crippen molar-refractivity contribution in [3.63, 3.8) is 0 Å². The van der Waals surface area contributed by atoms with Gasteiger partial charge in [0.1, 0.15) is 0 Å². The summed E-state index contributed by atoms with van der Waals surface area (Å²) in [5.41, 5.74) is 2.43. The Hall–Kier alpha value is -1.73. The van der Waals surface area contributed by atoms with Crippen molar-refractivity contribution in [3.8, 4) is 0 Å². The fraction of sp³-hybridized carbons (Fsp3) is 0.400. The highest BCUT2D eigenvalue weighted by Gasteiger charge is 2.32. The van der Waals surface area contributed by atoms with Crippen LogP contribution in [-0.4, -0.2) is 56.9 Å². The summed E-state index contributed by atoms with van der Waals surface area (Å²) in [5, 5.41) is 0. The molecule has 1 fully saturated rings. The quantitative estimate of drug-likeness (QED) is 0.781. The highest BCUT2D eigenvalue weighted by atomic mass is 32.2. The maximum absolute atomic E-state index is 12.5. The second-order valence-corrected chi connectivity index (χ2v) is 8.89. The molecule has 0 aliphatic carbocycles. The normalized spacial score (nSPS) is 19.2. The number of ether oxygens (including phenoxy) is 1. The Morgan fingerprint density at radius 1 is 1.04 bits per heavy atom. The predicted octanol–water partition coefficient (Wildman–Crippen LogP) is 2.72. The van der Waals surface area contributed by atoms with Crippen molar-refractivity contribution in [1.29, 1.82) is 0 Å². The average molecular weight is 375 g/mol. The summed E-state index contributed by atoms with van der Waals surface area (Å²) in [6.45, 7) is 1.21. The third kappa shape index (κ3) is 4.32. The van der Waals surface area contributed by atoms with Gasteiger partial charge in [-0.2, -0.15) is 17.0 Å². The highest BCUT2D eigenvalue weighted by Crippen LogP contribution is 2.31. The van der Waals surface area contributed by atoms with Gasteiger partial charge in [-0.15, -0.1) is 0 Å². The molecule has 26 heavy (non-hydrogen) atoms. The summed E-state index contributed by atoms with van der Waals surface area (Å²) >= 11 is 0. The Morgan fingerprint density at radius 2 is 1.58 bits per heavy atom. The molecule has 1 saturated heterocycles. The maximum Gasteiger partial charge on any atom is 0.281 e. The van der Waals surface area contributed by atoms with Gasteiger partial charge in [-0.05, 0) is 17.5 Å². The summed E-state index contributed by atoms with van der Waals surface area (Å²) in [5.74, 6) is 0.171. The van der Waals surface area contributed by atoms with E-state index in [-0.39, 0.29) is 12.0 Å². The standard InChI is InChI=1S/C20H26N2O3S/c1-21(2)26(23,24)22-13-14-25-19(16-22)15-20(17-9-5-3-6-10-17)18-11-7-4-8-12-18/h3-12,19-20H,13-16H2,1-2H3/t19-/m0/s1. The molecular formula is C20H26N2O3S. The molecule has 1 aliphatic rings. The molecule has 0 aromatic heterocycles. The third-order valence-electron chi connectivity index (χ3n) is 4.79. The number of rotatable bonds is 6. The molecule has 2 aromatic rings. The molecule has 0 spiro atoms. The zero-order valence-electron chi connectivity index (χ0n) is 15.3. The van der Waals surface area contributed by atoms with Gasteiger partial charge >= 0.3 is 0 Å². The summed E-state index contributed by atoms with van der Waals surface area (Å²) < 4.78 is 33.6. The number of hydrogen-bond donors (Lipinski definition) is 0. The van der Waals surface area contributed by atoms with Crippen molar-refractivity contribution < 1.29 is 13.2 Å². The van der Waals surface area contributed by atoms with Crippen molar-refractivity contribution in [2.45, 2.75) is 18.4 Å². The van der Waals surface area contributed by atoms with Gasteiger partial charge in [-0.3, -0.25) is 0 Å². The lowest BCUT2D eigenvalue weighted by Crippen LogP contribution is -2.49. The van der Waals surface area contributed by atoms with Gasteiger partial charge < -0.3 is 4.74 Å². The molecule has 0 N–H and O–H groups in total. The molecule has 0 unspecified atom stereocenters. The molecular weight excluding hydrogens is 348 g/mol. The van der Waals surface area contributed by atoms with E-state index in [9.17, 15) is 8.42 Å². The molecule has 1 aliphatic heterocycles. The lowest BCUT2D eigenvalue weighted by atomic mass is 9.86. The smallest absolute Gasteiger partial charge is 0.281 e. The van der Waals surface area contributed by atoms with Crippen LogP contribution in [0.3, 0.4) is 0 Å². The van der Waals surface area contributed by atoms with Crippen molar-refractivity contribution in [3.05, 3.63) is 71.8 Å². The van der Waals surface area contributed by atoms with E-state index in [0.717, 1.165) is 6.42 Å². The third-order valence-corrected chi connectivity index (χ3v) is 6.70. The van der Waals surface area contributed by atoms with Gasteiger partial charge in [0, 0.05) is 33.1 Å². The Kier molecular flexibility index (Phi) is 6.09. The number of hydrogen-bond acceptors (Lipinski definition) is 3. The van der Waals surface area contributed by atoms with E-state index < -0.39 is 10.2 Å². The fourth-order valence-corrected chi connectivity index (χ4v) is 4.50. The topological polar surface area (TPSA) is 49.9 Å².